The molecule has 172 valence electrons. The number of rotatable bonds is 9. The molecule has 32 heavy (non-hydrogen) atoms. The van der Waals surface area contributed by atoms with Gasteiger partial charge < -0.3 is 28.6 Å². The van der Waals surface area contributed by atoms with E-state index in [0.717, 1.165) is 5.56 Å². The number of esters is 1. The van der Waals surface area contributed by atoms with E-state index in [1.165, 1.54) is 19.2 Å². The molecule has 0 N–H and O–H groups in total. The zero-order chi connectivity index (χ0) is 23.3. The number of ether oxygens (including phenoxy) is 5. The Balaban J connectivity index is 1.63. The van der Waals surface area contributed by atoms with E-state index in [2.05, 4.69) is 0 Å². The number of carbonyl (C=O) groups is 2. The van der Waals surface area contributed by atoms with Crippen LogP contribution < -0.4 is 18.9 Å². The first-order valence-corrected chi connectivity index (χ1v) is 10.6. The van der Waals surface area contributed by atoms with E-state index in [1.807, 2.05) is 32.9 Å². The lowest BCUT2D eigenvalue weighted by Gasteiger charge is -2.21. The maximum absolute atomic E-state index is 12.6. The van der Waals surface area contributed by atoms with Gasteiger partial charge in [-0.15, -0.1) is 0 Å². The molecule has 8 nitrogen and oxygen atoms in total. The lowest BCUT2D eigenvalue weighted by molar-refractivity contribution is -0.134. The summed E-state index contributed by atoms with van der Waals surface area (Å²) < 4.78 is 26.8. The Bertz CT molecular complexity index is 993. The van der Waals surface area contributed by atoms with Crippen molar-refractivity contribution in [3.63, 3.8) is 0 Å². The molecule has 2 aromatic rings. The standard InChI is InChI=1S/C23H26ClNO7/c1-5-25(11-15-6-7-18-19(8-15)31-13-30-18)21(26)12-29-23(27)16-9-17(24)22(32-14(2)3)20(10-16)28-4/h6-10,14H,5,11-13H2,1-4H3. The molecule has 9 heteroatoms. The van der Waals surface area contributed by atoms with E-state index in [4.69, 9.17) is 35.3 Å². The lowest BCUT2D eigenvalue weighted by atomic mass is 10.2. The summed E-state index contributed by atoms with van der Waals surface area (Å²) >= 11 is 6.26. The van der Waals surface area contributed by atoms with Crippen molar-refractivity contribution >= 4 is 23.5 Å². The Morgan fingerprint density at radius 1 is 1.16 bits per heavy atom. The summed E-state index contributed by atoms with van der Waals surface area (Å²) in [6.45, 7) is 6.14. The van der Waals surface area contributed by atoms with Gasteiger partial charge in [0.15, 0.2) is 29.6 Å². The van der Waals surface area contributed by atoms with Crippen molar-refractivity contribution in [3.05, 3.63) is 46.5 Å². The molecular weight excluding hydrogens is 438 g/mol. The highest BCUT2D eigenvalue weighted by Crippen LogP contribution is 2.37. The van der Waals surface area contributed by atoms with Crippen LogP contribution in [0.25, 0.3) is 0 Å². The van der Waals surface area contributed by atoms with Crippen molar-refractivity contribution in [1.29, 1.82) is 0 Å². The van der Waals surface area contributed by atoms with Crippen molar-refractivity contribution < 1.29 is 33.3 Å². The van der Waals surface area contributed by atoms with Gasteiger partial charge in [-0.2, -0.15) is 0 Å². The van der Waals surface area contributed by atoms with E-state index in [9.17, 15) is 9.59 Å². The zero-order valence-corrected chi connectivity index (χ0v) is 19.2. The Kier molecular flexibility index (Phi) is 7.69. The molecule has 0 radical (unpaired) electrons. The molecule has 0 saturated carbocycles. The summed E-state index contributed by atoms with van der Waals surface area (Å²) in [4.78, 5) is 26.7. The van der Waals surface area contributed by atoms with Gasteiger partial charge >= 0.3 is 5.97 Å². The quantitative estimate of drug-likeness (QED) is 0.518. The minimum atomic E-state index is -0.686. The van der Waals surface area contributed by atoms with Crippen LogP contribution in [0.3, 0.4) is 0 Å². The third-order valence-electron chi connectivity index (χ3n) is 4.69. The Hall–Kier alpha value is -3.13. The monoisotopic (exact) mass is 463 g/mol. The number of hydrogen-bond acceptors (Lipinski definition) is 7. The minimum absolute atomic E-state index is 0.124. The molecule has 0 bridgehead atoms. The summed E-state index contributed by atoms with van der Waals surface area (Å²) in [6, 6.07) is 8.41. The van der Waals surface area contributed by atoms with Crippen molar-refractivity contribution in [2.45, 2.75) is 33.4 Å². The second-order valence-corrected chi connectivity index (χ2v) is 7.73. The SMILES string of the molecule is CCN(Cc1ccc2c(c1)OCO2)C(=O)COC(=O)c1cc(Cl)c(OC(C)C)c(OC)c1. The van der Waals surface area contributed by atoms with Crippen LogP contribution in [0, 0.1) is 0 Å². The van der Waals surface area contributed by atoms with Crippen molar-refractivity contribution in [2.75, 3.05) is 27.1 Å². The average Bonchev–Trinajstić information content (AvgIpc) is 3.24. The Morgan fingerprint density at radius 3 is 2.59 bits per heavy atom. The second kappa shape index (κ2) is 10.5. The fraction of sp³-hybridized carbons (Fsp3) is 0.391. The largest absolute Gasteiger partial charge is 0.493 e. The van der Waals surface area contributed by atoms with Gasteiger partial charge in [0.25, 0.3) is 5.91 Å². The summed E-state index contributed by atoms with van der Waals surface area (Å²) in [5.41, 5.74) is 1.04. The first-order chi connectivity index (χ1) is 15.3. The van der Waals surface area contributed by atoms with Crippen LogP contribution in [0.4, 0.5) is 0 Å². The molecular formula is C23H26ClNO7. The zero-order valence-electron chi connectivity index (χ0n) is 18.5. The Labute approximate surface area is 191 Å². The molecule has 1 aliphatic heterocycles. The fourth-order valence-electron chi connectivity index (χ4n) is 3.13. The van der Waals surface area contributed by atoms with E-state index in [0.29, 0.717) is 36.1 Å². The number of methoxy groups -OCH3 is 1. The molecule has 1 aliphatic rings. The van der Waals surface area contributed by atoms with E-state index in [1.54, 1.807) is 11.0 Å². The fourth-order valence-corrected chi connectivity index (χ4v) is 3.38. The van der Waals surface area contributed by atoms with E-state index >= 15 is 0 Å². The van der Waals surface area contributed by atoms with Gasteiger partial charge in [-0.25, -0.2) is 4.79 Å². The first kappa shape index (κ1) is 23.5. The van der Waals surface area contributed by atoms with Gasteiger partial charge in [0, 0.05) is 13.1 Å². The number of benzene rings is 2. The number of likely N-dealkylation sites (N-methyl/N-ethyl adjacent to an activating group) is 1. The minimum Gasteiger partial charge on any atom is -0.493 e. The topological polar surface area (TPSA) is 83.5 Å². The molecule has 2 aromatic carbocycles. The van der Waals surface area contributed by atoms with Crippen molar-refractivity contribution in [3.8, 4) is 23.0 Å². The maximum atomic E-state index is 12.6. The highest BCUT2D eigenvalue weighted by atomic mass is 35.5. The predicted octanol–water partition coefficient (Wildman–Crippen LogP) is 4.07. The maximum Gasteiger partial charge on any atom is 0.338 e. The number of halogens is 1. The number of amides is 1. The number of nitrogens with zero attached hydrogens (tertiary/aromatic N) is 1. The summed E-state index contributed by atoms with van der Waals surface area (Å²) in [5.74, 6) is 0.967. The molecule has 3 rings (SSSR count). The first-order valence-electron chi connectivity index (χ1n) is 10.2. The Morgan fingerprint density at radius 2 is 1.91 bits per heavy atom. The van der Waals surface area contributed by atoms with Gasteiger partial charge in [0.05, 0.1) is 23.8 Å². The van der Waals surface area contributed by atoms with Gasteiger partial charge in [0.2, 0.25) is 6.79 Å². The van der Waals surface area contributed by atoms with Crippen LogP contribution in [0.1, 0.15) is 36.7 Å². The average molecular weight is 464 g/mol. The molecule has 0 aromatic heterocycles. The van der Waals surface area contributed by atoms with Gasteiger partial charge in [-0.3, -0.25) is 4.79 Å². The van der Waals surface area contributed by atoms with Crippen molar-refractivity contribution in [2.24, 2.45) is 0 Å². The third kappa shape index (κ3) is 5.56. The highest BCUT2D eigenvalue weighted by Gasteiger charge is 2.21. The van der Waals surface area contributed by atoms with Crippen LogP contribution in [0.2, 0.25) is 5.02 Å². The predicted molar refractivity (Wildman–Crippen MR) is 118 cm³/mol. The summed E-state index contributed by atoms with van der Waals surface area (Å²) in [6.07, 6.45) is -0.124. The molecule has 1 heterocycles. The molecule has 0 spiro atoms. The van der Waals surface area contributed by atoms with Crippen LogP contribution in [-0.4, -0.2) is 49.9 Å². The number of fused-ring (bicyclic) bond motifs is 1. The van der Waals surface area contributed by atoms with Gasteiger partial charge in [-0.1, -0.05) is 17.7 Å². The molecule has 1 amide bonds. The summed E-state index contributed by atoms with van der Waals surface area (Å²) in [5, 5.41) is 0.217. The third-order valence-corrected chi connectivity index (χ3v) is 4.97. The molecule has 0 unspecified atom stereocenters. The molecule has 0 fully saturated rings. The molecule has 0 aliphatic carbocycles. The van der Waals surface area contributed by atoms with Gasteiger partial charge in [0.1, 0.15) is 0 Å². The van der Waals surface area contributed by atoms with Gasteiger partial charge in [-0.05, 0) is 50.6 Å². The van der Waals surface area contributed by atoms with E-state index in [-0.39, 0.29) is 29.4 Å². The highest BCUT2D eigenvalue weighted by molar-refractivity contribution is 6.32. The lowest BCUT2D eigenvalue weighted by Crippen LogP contribution is -2.34. The normalized spacial score (nSPS) is 11.9. The van der Waals surface area contributed by atoms with Crippen LogP contribution in [0.5, 0.6) is 23.0 Å². The second-order valence-electron chi connectivity index (χ2n) is 7.33. The van der Waals surface area contributed by atoms with Crippen LogP contribution >= 0.6 is 11.6 Å². The van der Waals surface area contributed by atoms with Crippen molar-refractivity contribution in [1.82, 2.24) is 4.90 Å². The van der Waals surface area contributed by atoms with Crippen LogP contribution in [-0.2, 0) is 16.1 Å². The summed E-state index contributed by atoms with van der Waals surface area (Å²) in [7, 11) is 1.45. The van der Waals surface area contributed by atoms with E-state index < -0.39 is 12.6 Å². The number of carbonyl (C=O) groups excluding carboxylic acids is 2. The molecule has 0 atom stereocenters. The number of hydrogen-bond donors (Lipinski definition) is 0. The van der Waals surface area contributed by atoms with Crippen LogP contribution in [0.15, 0.2) is 30.3 Å². The smallest absolute Gasteiger partial charge is 0.338 e. The molecule has 0 saturated heterocycles.